The molecular formula is C37H59N7O5S. The van der Waals surface area contributed by atoms with Crippen LogP contribution in [0.15, 0.2) is 71.8 Å². The van der Waals surface area contributed by atoms with E-state index in [0.717, 1.165) is 11.5 Å². The van der Waals surface area contributed by atoms with Gasteiger partial charge in [0.25, 0.3) is 0 Å². The molecule has 2 aromatic carbocycles. The van der Waals surface area contributed by atoms with Crippen LogP contribution in [0.4, 0.5) is 0 Å². The molecule has 1 aliphatic rings. The van der Waals surface area contributed by atoms with Crippen LogP contribution >= 0.6 is 12.6 Å². The largest absolute Gasteiger partial charge is 0.480 e. The first kappa shape index (κ1) is 44.1. The van der Waals surface area contributed by atoms with E-state index in [1.54, 1.807) is 4.90 Å². The number of carboxylic acids is 1. The fourth-order valence-electron chi connectivity index (χ4n) is 4.87. The number of hydrogen-bond acceptors (Lipinski definition) is 9. The second kappa shape index (κ2) is 24.3. The van der Waals surface area contributed by atoms with E-state index in [9.17, 15) is 24.3 Å². The number of carbonyl (C=O) groups is 4. The molecule has 10 N–H and O–H groups in total. The molecule has 13 heteroatoms. The molecule has 0 bridgehead atoms. The third kappa shape index (κ3) is 17.7. The molecule has 0 spiro atoms. The molecule has 0 aliphatic carbocycles. The molecule has 0 radical (unpaired) electrons. The van der Waals surface area contributed by atoms with Crippen LogP contribution < -0.4 is 33.2 Å². The summed E-state index contributed by atoms with van der Waals surface area (Å²) in [5.41, 5.74) is 18.5. The number of benzene rings is 2. The smallest absolute Gasteiger partial charge is 0.323 e. The Kier molecular flexibility index (Phi) is 21.4. The molecule has 0 aromatic heterocycles. The van der Waals surface area contributed by atoms with Crippen LogP contribution in [-0.4, -0.2) is 84.0 Å². The number of rotatable bonds is 15. The SMILES string of the molecule is CC(C)C.Cc1ccccc1.NCCCCC(NC(=O)CN/C(=C\S)C(Cc1ccccc1)NC(=O)CN)C(=O)N1CCC(N)(C(=O)O)CC1. The van der Waals surface area contributed by atoms with Crippen molar-refractivity contribution < 1.29 is 24.3 Å². The van der Waals surface area contributed by atoms with Gasteiger partial charge in [0.05, 0.1) is 19.1 Å². The van der Waals surface area contributed by atoms with Gasteiger partial charge in [0, 0.05) is 18.8 Å². The van der Waals surface area contributed by atoms with Crippen molar-refractivity contribution in [3.05, 3.63) is 82.9 Å². The van der Waals surface area contributed by atoms with Crippen LogP contribution in [0.25, 0.3) is 0 Å². The van der Waals surface area contributed by atoms with Gasteiger partial charge in [-0.15, -0.1) is 12.6 Å². The maximum absolute atomic E-state index is 13.3. The monoisotopic (exact) mass is 713 g/mol. The molecule has 0 saturated carbocycles. The summed E-state index contributed by atoms with van der Waals surface area (Å²) in [6.07, 6.45) is 2.43. The van der Waals surface area contributed by atoms with Gasteiger partial charge in [0.15, 0.2) is 0 Å². The third-order valence-electron chi connectivity index (χ3n) is 7.68. The zero-order valence-corrected chi connectivity index (χ0v) is 31.0. The number of nitrogens with two attached hydrogens (primary N) is 3. The zero-order valence-electron chi connectivity index (χ0n) is 30.1. The van der Waals surface area contributed by atoms with Crippen molar-refractivity contribution in [2.75, 3.05) is 32.7 Å². The van der Waals surface area contributed by atoms with Gasteiger partial charge in [-0.05, 0) is 68.9 Å². The Morgan fingerprint density at radius 2 is 1.44 bits per heavy atom. The molecule has 2 atom stereocenters. The lowest BCUT2D eigenvalue weighted by Gasteiger charge is -2.37. The van der Waals surface area contributed by atoms with E-state index in [1.807, 2.05) is 48.5 Å². The van der Waals surface area contributed by atoms with Crippen LogP contribution in [0.2, 0.25) is 0 Å². The minimum atomic E-state index is -1.36. The molecule has 3 amide bonds. The van der Waals surface area contributed by atoms with Crippen LogP contribution in [0.5, 0.6) is 0 Å². The number of carboxylic acid groups (broad SMARTS) is 1. The summed E-state index contributed by atoms with van der Waals surface area (Å²) in [5, 5.41) is 19.5. The zero-order chi connectivity index (χ0) is 37.5. The molecule has 12 nitrogen and oxygen atoms in total. The number of hydrogen-bond donors (Lipinski definition) is 8. The summed E-state index contributed by atoms with van der Waals surface area (Å²) < 4.78 is 0. The average Bonchev–Trinajstić information content (AvgIpc) is 3.09. The highest BCUT2D eigenvalue weighted by molar-refractivity contribution is 7.83. The highest BCUT2D eigenvalue weighted by atomic mass is 32.1. The highest BCUT2D eigenvalue weighted by Gasteiger charge is 2.40. The van der Waals surface area contributed by atoms with E-state index in [1.165, 1.54) is 11.0 Å². The minimum absolute atomic E-state index is 0.131. The predicted molar refractivity (Wildman–Crippen MR) is 203 cm³/mol. The van der Waals surface area contributed by atoms with Gasteiger partial charge in [0.1, 0.15) is 11.6 Å². The molecular weight excluding hydrogens is 655 g/mol. The number of nitrogens with one attached hydrogen (secondary N) is 3. The number of likely N-dealkylation sites (tertiary alicyclic amines) is 1. The molecule has 2 aromatic rings. The Balaban J connectivity index is 0.000000966. The molecule has 3 rings (SSSR count). The summed E-state index contributed by atoms with van der Waals surface area (Å²) in [4.78, 5) is 51.2. The van der Waals surface area contributed by atoms with Crippen molar-refractivity contribution in [3.63, 3.8) is 0 Å². The second-order valence-electron chi connectivity index (χ2n) is 13.0. The van der Waals surface area contributed by atoms with Gasteiger partial charge in [-0.1, -0.05) is 87.0 Å². The number of unbranched alkanes of at least 4 members (excludes halogenated alkanes) is 1. The fourth-order valence-corrected chi connectivity index (χ4v) is 5.14. The molecule has 1 heterocycles. The van der Waals surface area contributed by atoms with Gasteiger partial charge in [-0.25, -0.2) is 0 Å². The van der Waals surface area contributed by atoms with Crippen LogP contribution in [-0.2, 0) is 25.6 Å². The van der Waals surface area contributed by atoms with Crippen molar-refractivity contribution in [1.82, 2.24) is 20.9 Å². The lowest BCUT2D eigenvalue weighted by molar-refractivity contribution is -0.148. The lowest BCUT2D eigenvalue weighted by Crippen LogP contribution is -2.59. The first-order valence-corrected chi connectivity index (χ1v) is 17.7. The molecule has 1 fully saturated rings. The van der Waals surface area contributed by atoms with Crippen molar-refractivity contribution in [1.29, 1.82) is 0 Å². The summed E-state index contributed by atoms with van der Waals surface area (Å²) in [6.45, 7) is 9.07. The van der Waals surface area contributed by atoms with Gasteiger partial charge in [-0.3, -0.25) is 19.2 Å². The summed E-state index contributed by atoms with van der Waals surface area (Å²) in [7, 11) is 0. The van der Waals surface area contributed by atoms with E-state index in [0.29, 0.717) is 37.9 Å². The second-order valence-corrected chi connectivity index (χ2v) is 13.3. The molecule has 1 aliphatic heterocycles. The maximum Gasteiger partial charge on any atom is 0.323 e. The average molecular weight is 714 g/mol. The number of amides is 3. The fraction of sp³-hybridized carbons (Fsp3) is 0.514. The Morgan fingerprint density at radius 1 is 0.900 bits per heavy atom. The van der Waals surface area contributed by atoms with Gasteiger partial charge >= 0.3 is 5.97 Å². The number of piperidine rings is 1. The van der Waals surface area contributed by atoms with Crippen LogP contribution in [0, 0.1) is 12.8 Å². The van der Waals surface area contributed by atoms with Crippen molar-refractivity contribution >= 4 is 36.3 Å². The third-order valence-corrected chi connectivity index (χ3v) is 7.96. The number of thiol groups is 1. The first-order valence-electron chi connectivity index (χ1n) is 17.2. The Labute approximate surface area is 303 Å². The highest BCUT2D eigenvalue weighted by Crippen LogP contribution is 2.21. The number of carbonyl (C=O) groups excluding carboxylic acids is 3. The summed E-state index contributed by atoms with van der Waals surface area (Å²) >= 11 is 4.27. The first-order chi connectivity index (χ1) is 23.8. The molecule has 50 heavy (non-hydrogen) atoms. The van der Waals surface area contributed by atoms with Crippen molar-refractivity contribution in [3.8, 4) is 0 Å². The molecule has 1 saturated heterocycles. The quantitative estimate of drug-likeness (QED) is 0.101. The predicted octanol–water partition coefficient (Wildman–Crippen LogP) is 2.71. The maximum atomic E-state index is 13.3. The summed E-state index contributed by atoms with van der Waals surface area (Å²) in [6, 6.07) is 18.5. The van der Waals surface area contributed by atoms with E-state index in [-0.39, 0.29) is 50.8 Å². The number of aliphatic carboxylic acids is 1. The number of nitrogens with zero attached hydrogens (tertiary/aromatic N) is 1. The minimum Gasteiger partial charge on any atom is -0.480 e. The number of aryl methyl sites for hydroxylation is 1. The summed E-state index contributed by atoms with van der Waals surface area (Å²) in [5.74, 6) is -1.32. The van der Waals surface area contributed by atoms with Crippen LogP contribution in [0.1, 0.15) is 64.0 Å². The van der Waals surface area contributed by atoms with E-state index in [2.05, 4.69) is 68.4 Å². The van der Waals surface area contributed by atoms with Gasteiger partial charge in [0.2, 0.25) is 17.7 Å². The van der Waals surface area contributed by atoms with E-state index in [4.69, 9.17) is 17.2 Å². The van der Waals surface area contributed by atoms with E-state index < -0.39 is 29.5 Å². The molecule has 278 valence electrons. The Morgan fingerprint density at radius 3 is 1.90 bits per heavy atom. The normalized spacial score (nSPS) is 14.9. The standard InChI is InChI=1S/C26H41N7O5S.C7H8.C4H10/c27-11-5-4-8-19(24(36)33-12-9-26(29,10-13-33)25(37)38)31-23(35)16-30-21(17-39)20(32-22(34)15-28)14-18-6-2-1-3-7-18;1-7-5-3-2-4-6-7;1-4(2)3/h1-3,6-7,17,19-20,30,39H,4-5,8-16,27-29H2,(H,31,35)(H,32,34)(H,37,38);2-6H,1H3;4H,1-3H3/b21-17-;;. The van der Waals surface area contributed by atoms with Gasteiger partial charge < -0.3 is 43.2 Å². The van der Waals surface area contributed by atoms with Gasteiger partial charge in [-0.2, -0.15) is 0 Å². The lowest BCUT2D eigenvalue weighted by atomic mass is 9.88. The molecule has 2 unspecified atom stereocenters. The van der Waals surface area contributed by atoms with Crippen LogP contribution in [0.3, 0.4) is 0 Å². The van der Waals surface area contributed by atoms with E-state index >= 15 is 0 Å². The Hall–Kier alpha value is -3.91. The van der Waals surface area contributed by atoms with Crippen molar-refractivity contribution in [2.24, 2.45) is 23.1 Å². The Bertz CT molecular complexity index is 1320. The topological polar surface area (TPSA) is 206 Å². The van der Waals surface area contributed by atoms with Crippen molar-refractivity contribution in [2.45, 2.75) is 83.8 Å².